The molecule has 0 fully saturated rings. The highest BCUT2D eigenvalue weighted by atomic mass is 19.4. The maximum absolute atomic E-state index is 14.0. The van der Waals surface area contributed by atoms with Crippen LogP contribution in [0.5, 0.6) is 0 Å². The lowest BCUT2D eigenvalue weighted by Gasteiger charge is -2.09. The third-order valence-electron chi connectivity index (χ3n) is 5.61. The summed E-state index contributed by atoms with van der Waals surface area (Å²) >= 11 is 0. The van der Waals surface area contributed by atoms with Crippen LogP contribution in [0.2, 0.25) is 0 Å². The first kappa shape index (κ1) is 21.1. The molecule has 2 aromatic carbocycles. The van der Waals surface area contributed by atoms with Gasteiger partial charge in [0.05, 0.1) is 11.3 Å². The Morgan fingerprint density at radius 3 is 2.48 bits per heavy atom. The standard InChI is InChI=1S/C24H19F4N5/c1-3-4-19-21-22(33(2)32-19)20(17-12-29-18-10-9-15(25)11-16(17)18)30-23(31-21)13-5-7-14(8-6-13)24(26,27)28/h5-12,29H,3-4H2,1-2H3. The van der Waals surface area contributed by atoms with Crippen LogP contribution >= 0.6 is 0 Å². The largest absolute Gasteiger partial charge is 0.416 e. The van der Waals surface area contributed by atoms with Crippen LogP contribution in [-0.4, -0.2) is 24.7 Å². The molecule has 0 atom stereocenters. The molecule has 9 heteroatoms. The Hall–Kier alpha value is -3.75. The lowest BCUT2D eigenvalue weighted by Crippen LogP contribution is -2.04. The molecule has 0 aliphatic carbocycles. The Kier molecular flexibility index (Phi) is 4.92. The molecule has 168 valence electrons. The van der Waals surface area contributed by atoms with Gasteiger partial charge in [-0.25, -0.2) is 14.4 Å². The maximum Gasteiger partial charge on any atom is 0.416 e. The molecule has 3 aromatic heterocycles. The van der Waals surface area contributed by atoms with Gasteiger partial charge in [-0.1, -0.05) is 25.5 Å². The predicted octanol–water partition coefficient (Wildman–Crippen LogP) is 6.29. The summed E-state index contributed by atoms with van der Waals surface area (Å²) in [7, 11) is 1.79. The monoisotopic (exact) mass is 453 g/mol. The molecule has 0 saturated carbocycles. The number of H-pyrrole nitrogens is 1. The Morgan fingerprint density at radius 2 is 1.79 bits per heavy atom. The summed E-state index contributed by atoms with van der Waals surface area (Å²) in [6.45, 7) is 2.03. The summed E-state index contributed by atoms with van der Waals surface area (Å²) in [6.07, 6.45) is -1.16. The van der Waals surface area contributed by atoms with Crippen molar-refractivity contribution in [3.05, 3.63) is 65.7 Å². The minimum absolute atomic E-state index is 0.280. The fourth-order valence-electron chi connectivity index (χ4n) is 4.06. The number of aryl methyl sites for hydroxylation is 2. The van der Waals surface area contributed by atoms with Crippen molar-refractivity contribution < 1.29 is 17.6 Å². The van der Waals surface area contributed by atoms with E-state index in [9.17, 15) is 17.6 Å². The summed E-state index contributed by atoms with van der Waals surface area (Å²) in [4.78, 5) is 12.5. The molecule has 0 amide bonds. The molecule has 0 aliphatic rings. The molecule has 33 heavy (non-hydrogen) atoms. The van der Waals surface area contributed by atoms with Crippen molar-refractivity contribution in [2.45, 2.75) is 25.9 Å². The molecule has 0 saturated heterocycles. The number of nitrogens with zero attached hydrogens (tertiary/aromatic N) is 4. The van der Waals surface area contributed by atoms with Crippen LogP contribution in [0.15, 0.2) is 48.7 Å². The van der Waals surface area contributed by atoms with Crippen molar-refractivity contribution in [1.29, 1.82) is 0 Å². The maximum atomic E-state index is 14.0. The van der Waals surface area contributed by atoms with E-state index in [0.29, 0.717) is 39.7 Å². The third kappa shape index (κ3) is 3.63. The second-order valence-corrected chi connectivity index (χ2v) is 7.88. The van der Waals surface area contributed by atoms with Crippen molar-refractivity contribution in [2.24, 2.45) is 7.05 Å². The number of hydrogen-bond acceptors (Lipinski definition) is 3. The molecule has 3 heterocycles. The van der Waals surface area contributed by atoms with Gasteiger partial charge in [-0.2, -0.15) is 18.3 Å². The predicted molar refractivity (Wildman–Crippen MR) is 118 cm³/mol. The first-order chi connectivity index (χ1) is 15.8. The van der Waals surface area contributed by atoms with E-state index in [1.54, 1.807) is 24.0 Å². The summed E-state index contributed by atoms with van der Waals surface area (Å²) in [5.41, 5.74) is 3.73. The van der Waals surface area contributed by atoms with E-state index in [2.05, 4.69) is 15.1 Å². The zero-order chi connectivity index (χ0) is 23.3. The van der Waals surface area contributed by atoms with Crippen molar-refractivity contribution in [3.63, 3.8) is 0 Å². The minimum Gasteiger partial charge on any atom is -0.360 e. The van der Waals surface area contributed by atoms with Gasteiger partial charge < -0.3 is 4.98 Å². The van der Waals surface area contributed by atoms with Gasteiger partial charge >= 0.3 is 6.18 Å². The van der Waals surface area contributed by atoms with E-state index in [-0.39, 0.29) is 11.6 Å². The van der Waals surface area contributed by atoms with Crippen LogP contribution in [-0.2, 0) is 19.6 Å². The molecule has 0 unspecified atom stereocenters. The van der Waals surface area contributed by atoms with Crippen LogP contribution in [0.1, 0.15) is 24.6 Å². The fourth-order valence-corrected chi connectivity index (χ4v) is 4.06. The number of benzene rings is 2. The normalized spacial score (nSPS) is 12.2. The van der Waals surface area contributed by atoms with Crippen molar-refractivity contribution in [3.8, 4) is 22.6 Å². The highest BCUT2D eigenvalue weighted by molar-refractivity contribution is 6.02. The summed E-state index contributed by atoms with van der Waals surface area (Å²) in [5, 5.41) is 5.25. The number of aromatic nitrogens is 5. The topological polar surface area (TPSA) is 59.4 Å². The van der Waals surface area contributed by atoms with E-state index in [1.807, 2.05) is 6.92 Å². The molecular weight excluding hydrogens is 434 g/mol. The van der Waals surface area contributed by atoms with Gasteiger partial charge in [-0.15, -0.1) is 0 Å². The number of halogens is 4. The van der Waals surface area contributed by atoms with Gasteiger partial charge in [0.15, 0.2) is 5.82 Å². The molecule has 0 bridgehead atoms. The smallest absolute Gasteiger partial charge is 0.360 e. The average Bonchev–Trinajstić information content (AvgIpc) is 3.34. The molecule has 5 nitrogen and oxygen atoms in total. The number of rotatable bonds is 4. The van der Waals surface area contributed by atoms with E-state index in [1.165, 1.54) is 24.3 Å². The van der Waals surface area contributed by atoms with Gasteiger partial charge in [0.1, 0.15) is 22.5 Å². The highest BCUT2D eigenvalue weighted by Gasteiger charge is 2.30. The molecule has 0 spiro atoms. The van der Waals surface area contributed by atoms with Gasteiger partial charge in [0, 0.05) is 35.3 Å². The summed E-state index contributed by atoms with van der Waals surface area (Å²) in [5.74, 6) is -0.101. The Bertz CT molecular complexity index is 1480. The molecule has 5 rings (SSSR count). The Balaban J connectivity index is 1.78. The van der Waals surface area contributed by atoms with E-state index < -0.39 is 11.7 Å². The van der Waals surface area contributed by atoms with Crippen molar-refractivity contribution in [2.75, 3.05) is 0 Å². The van der Waals surface area contributed by atoms with Crippen LogP contribution in [0.3, 0.4) is 0 Å². The molecule has 0 aliphatic heterocycles. The SMILES string of the molecule is CCCc1nn(C)c2c(-c3c[nH]c4ccc(F)cc34)nc(-c3ccc(C(F)(F)F)cc3)nc12. The third-order valence-corrected chi connectivity index (χ3v) is 5.61. The highest BCUT2D eigenvalue weighted by Crippen LogP contribution is 2.36. The Labute approximate surface area is 186 Å². The van der Waals surface area contributed by atoms with Crippen LogP contribution < -0.4 is 0 Å². The first-order valence-electron chi connectivity index (χ1n) is 10.4. The summed E-state index contributed by atoms with van der Waals surface area (Å²) in [6, 6.07) is 9.19. The zero-order valence-corrected chi connectivity index (χ0v) is 17.8. The number of hydrogen-bond donors (Lipinski definition) is 1. The number of nitrogens with one attached hydrogen (secondary N) is 1. The van der Waals surface area contributed by atoms with E-state index in [4.69, 9.17) is 4.98 Å². The molecule has 1 N–H and O–H groups in total. The lowest BCUT2D eigenvalue weighted by molar-refractivity contribution is -0.137. The summed E-state index contributed by atoms with van der Waals surface area (Å²) < 4.78 is 54.8. The van der Waals surface area contributed by atoms with Crippen LogP contribution in [0, 0.1) is 5.82 Å². The van der Waals surface area contributed by atoms with Crippen molar-refractivity contribution >= 4 is 21.9 Å². The first-order valence-corrected chi connectivity index (χ1v) is 10.4. The Morgan fingerprint density at radius 1 is 1.03 bits per heavy atom. The van der Waals surface area contributed by atoms with E-state index in [0.717, 1.165) is 29.8 Å². The lowest BCUT2D eigenvalue weighted by atomic mass is 10.1. The number of alkyl halides is 3. The van der Waals surface area contributed by atoms with Crippen LogP contribution in [0.25, 0.3) is 44.6 Å². The molecule has 5 aromatic rings. The number of aromatic amines is 1. The quantitative estimate of drug-likeness (QED) is 0.326. The van der Waals surface area contributed by atoms with Crippen molar-refractivity contribution in [1.82, 2.24) is 24.7 Å². The molecular formula is C24H19F4N5. The average molecular weight is 453 g/mol. The second kappa shape index (κ2) is 7.68. The molecule has 0 radical (unpaired) electrons. The fraction of sp³-hybridized carbons (Fsp3) is 0.208. The van der Waals surface area contributed by atoms with E-state index >= 15 is 0 Å². The second-order valence-electron chi connectivity index (χ2n) is 7.88. The van der Waals surface area contributed by atoms with Crippen LogP contribution in [0.4, 0.5) is 17.6 Å². The zero-order valence-electron chi connectivity index (χ0n) is 17.8. The van der Waals surface area contributed by atoms with Gasteiger partial charge in [-0.05, 0) is 36.8 Å². The number of fused-ring (bicyclic) bond motifs is 2. The van der Waals surface area contributed by atoms with Gasteiger partial charge in [0.2, 0.25) is 0 Å². The minimum atomic E-state index is -4.43. The van der Waals surface area contributed by atoms with Gasteiger partial charge in [-0.3, -0.25) is 4.68 Å². The van der Waals surface area contributed by atoms with Gasteiger partial charge in [0.25, 0.3) is 0 Å².